The number of benzene rings is 1. The van der Waals surface area contributed by atoms with Crippen molar-refractivity contribution in [3.05, 3.63) is 29.8 Å². The molecule has 0 heterocycles. The molecule has 98 valence electrons. The summed E-state index contributed by atoms with van der Waals surface area (Å²) in [5, 5.41) is 0. The highest BCUT2D eigenvalue weighted by Gasteiger charge is 2.58. The maximum atomic E-state index is 11.6. The number of rotatable bonds is 4. The van der Waals surface area contributed by atoms with Crippen LogP contribution in [-0.2, 0) is 9.53 Å². The van der Waals surface area contributed by atoms with Crippen LogP contribution in [-0.4, -0.2) is 24.7 Å². The van der Waals surface area contributed by atoms with Gasteiger partial charge in [-0.3, -0.25) is 4.79 Å². The molecule has 1 aliphatic rings. The fourth-order valence-electron chi connectivity index (χ4n) is 2.19. The van der Waals surface area contributed by atoms with Crippen molar-refractivity contribution in [1.29, 1.82) is 0 Å². The number of esters is 1. The Morgan fingerprint density at radius 2 is 2.22 bits per heavy atom. The van der Waals surface area contributed by atoms with Gasteiger partial charge >= 0.3 is 5.97 Å². The predicted octanol–water partition coefficient (Wildman–Crippen LogP) is 1.83. The van der Waals surface area contributed by atoms with Gasteiger partial charge in [-0.15, -0.1) is 0 Å². The van der Waals surface area contributed by atoms with Gasteiger partial charge in [0.1, 0.15) is 11.3 Å². The first-order valence-electron chi connectivity index (χ1n) is 6.11. The van der Waals surface area contributed by atoms with E-state index in [9.17, 15) is 4.79 Å². The molecule has 0 bridgehead atoms. The molecule has 2 atom stereocenters. The van der Waals surface area contributed by atoms with Crippen molar-refractivity contribution in [1.82, 2.24) is 0 Å². The number of ether oxygens (including phenoxy) is 2. The van der Waals surface area contributed by atoms with Gasteiger partial charge in [-0.1, -0.05) is 12.1 Å². The Morgan fingerprint density at radius 1 is 1.50 bits per heavy atom. The number of carbonyl (C=O) groups is 1. The minimum Gasteiger partial charge on any atom is -0.491 e. The van der Waals surface area contributed by atoms with Gasteiger partial charge in [0.15, 0.2) is 0 Å². The van der Waals surface area contributed by atoms with Crippen molar-refractivity contribution in [3.63, 3.8) is 0 Å². The Labute approximate surface area is 107 Å². The largest absolute Gasteiger partial charge is 0.491 e. The van der Waals surface area contributed by atoms with Gasteiger partial charge in [0.25, 0.3) is 0 Å². The summed E-state index contributed by atoms with van der Waals surface area (Å²) in [5.41, 5.74) is 6.19. The van der Waals surface area contributed by atoms with Crippen LogP contribution in [0.3, 0.4) is 0 Å². The van der Waals surface area contributed by atoms with E-state index in [0.717, 1.165) is 11.3 Å². The second kappa shape index (κ2) is 4.61. The normalized spacial score (nSPS) is 25.9. The van der Waals surface area contributed by atoms with Crippen molar-refractivity contribution in [3.8, 4) is 5.75 Å². The Bertz CT molecular complexity index is 458. The van der Waals surface area contributed by atoms with Crippen LogP contribution in [0.5, 0.6) is 5.75 Å². The Kier molecular flexibility index (Phi) is 3.30. The summed E-state index contributed by atoms with van der Waals surface area (Å²) in [7, 11) is 1.37. The summed E-state index contributed by atoms with van der Waals surface area (Å²) < 4.78 is 10.4. The van der Waals surface area contributed by atoms with Crippen molar-refractivity contribution < 1.29 is 14.3 Å². The molecule has 1 aromatic rings. The van der Waals surface area contributed by atoms with Crippen LogP contribution in [0.15, 0.2) is 24.3 Å². The molecule has 1 saturated carbocycles. The van der Waals surface area contributed by atoms with E-state index >= 15 is 0 Å². The zero-order chi connectivity index (χ0) is 13.3. The van der Waals surface area contributed by atoms with E-state index in [-0.39, 0.29) is 18.0 Å². The Balaban J connectivity index is 2.14. The van der Waals surface area contributed by atoms with Gasteiger partial charge in [0, 0.05) is 5.92 Å². The molecule has 4 heteroatoms. The van der Waals surface area contributed by atoms with Crippen LogP contribution in [0.1, 0.15) is 31.7 Å². The van der Waals surface area contributed by atoms with E-state index in [2.05, 4.69) is 0 Å². The fourth-order valence-corrected chi connectivity index (χ4v) is 2.19. The molecule has 0 amide bonds. The van der Waals surface area contributed by atoms with E-state index < -0.39 is 5.54 Å². The molecule has 2 N–H and O–H groups in total. The molecule has 0 aliphatic heterocycles. The van der Waals surface area contributed by atoms with Crippen LogP contribution >= 0.6 is 0 Å². The monoisotopic (exact) mass is 249 g/mol. The highest BCUT2D eigenvalue weighted by Crippen LogP contribution is 2.50. The summed E-state index contributed by atoms with van der Waals surface area (Å²) in [5.74, 6) is 0.491. The number of hydrogen-bond donors (Lipinski definition) is 1. The second-order valence-electron chi connectivity index (χ2n) is 5.03. The minimum absolute atomic E-state index is 0.0284. The van der Waals surface area contributed by atoms with E-state index in [1.807, 2.05) is 38.1 Å². The molecular formula is C14H19NO3. The lowest BCUT2D eigenvalue weighted by Gasteiger charge is -2.12. The zero-order valence-electron chi connectivity index (χ0n) is 11.0. The first kappa shape index (κ1) is 12.9. The second-order valence-corrected chi connectivity index (χ2v) is 5.03. The smallest absolute Gasteiger partial charge is 0.326 e. The molecule has 1 aliphatic carbocycles. The molecule has 0 spiro atoms. The maximum Gasteiger partial charge on any atom is 0.326 e. The number of methoxy groups -OCH3 is 1. The van der Waals surface area contributed by atoms with Gasteiger partial charge < -0.3 is 15.2 Å². The Hall–Kier alpha value is -1.55. The number of carbonyl (C=O) groups excluding carboxylic acids is 1. The lowest BCUT2D eigenvalue weighted by molar-refractivity contribution is -0.143. The molecular weight excluding hydrogens is 230 g/mol. The standard InChI is InChI=1S/C14H19NO3/c1-9(2)18-11-6-4-5-10(7-11)12-8-14(12,15)13(16)17-3/h4-7,9,12H,8,15H2,1-3H3. The van der Waals surface area contributed by atoms with Crippen LogP contribution in [0, 0.1) is 0 Å². The number of nitrogens with two attached hydrogens (primary N) is 1. The van der Waals surface area contributed by atoms with Gasteiger partial charge in [-0.05, 0) is 38.0 Å². The third kappa shape index (κ3) is 2.34. The van der Waals surface area contributed by atoms with Crippen LogP contribution in [0.2, 0.25) is 0 Å². The van der Waals surface area contributed by atoms with E-state index in [4.69, 9.17) is 15.2 Å². The molecule has 2 rings (SSSR count). The van der Waals surface area contributed by atoms with Crippen LogP contribution < -0.4 is 10.5 Å². The van der Waals surface area contributed by atoms with Crippen molar-refractivity contribution >= 4 is 5.97 Å². The van der Waals surface area contributed by atoms with E-state index in [1.165, 1.54) is 7.11 Å². The van der Waals surface area contributed by atoms with Crippen LogP contribution in [0.4, 0.5) is 0 Å². The highest BCUT2D eigenvalue weighted by molar-refractivity contribution is 5.86. The summed E-state index contributed by atoms with van der Waals surface area (Å²) in [6.45, 7) is 3.96. The fraction of sp³-hybridized carbons (Fsp3) is 0.500. The highest BCUT2D eigenvalue weighted by atomic mass is 16.5. The lowest BCUT2D eigenvalue weighted by Crippen LogP contribution is -2.35. The quantitative estimate of drug-likeness (QED) is 0.827. The molecule has 1 aromatic carbocycles. The molecule has 0 aromatic heterocycles. The molecule has 1 fully saturated rings. The predicted molar refractivity (Wildman–Crippen MR) is 68.5 cm³/mol. The summed E-state index contributed by atoms with van der Waals surface area (Å²) in [6.07, 6.45) is 0.757. The van der Waals surface area contributed by atoms with Crippen molar-refractivity contribution in [2.24, 2.45) is 5.73 Å². The Morgan fingerprint density at radius 3 is 2.83 bits per heavy atom. The summed E-state index contributed by atoms with van der Waals surface area (Å²) in [6, 6.07) is 7.74. The molecule has 2 unspecified atom stereocenters. The summed E-state index contributed by atoms with van der Waals surface area (Å²) in [4.78, 5) is 11.6. The summed E-state index contributed by atoms with van der Waals surface area (Å²) >= 11 is 0. The molecule has 18 heavy (non-hydrogen) atoms. The molecule has 0 saturated heterocycles. The maximum absolute atomic E-state index is 11.6. The van der Waals surface area contributed by atoms with Gasteiger partial charge in [-0.25, -0.2) is 0 Å². The van der Waals surface area contributed by atoms with Gasteiger partial charge in [0.05, 0.1) is 13.2 Å². The van der Waals surface area contributed by atoms with Gasteiger partial charge in [0.2, 0.25) is 0 Å². The topological polar surface area (TPSA) is 61.5 Å². The van der Waals surface area contributed by atoms with Crippen molar-refractivity contribution in [2.75, 3.05) is 7.11 Å². The van der Waals surface area contributed by atoms with Crippen LogP contribution in [0.25, 0.3) is 0 Å². The lowest BCUT2D eigenvalue weighted by atomic mass is 10.1. The minimum atomic E-state index is -0.856. The third-order valence-corrected chi connectivity index (χ3v) is 3.20. The first-order chi connectivity index (χ1) is 8.47. The average molecular weight is 249 g/mol. The molecule has 4 nitrogen and oxygen atoms in total. The zero-order valence-corrected chi connectivity index (χ0v) is 11.0. The van der Waals surface area contributed by atoms with Gasteiger partial charge in [-0.2, -0.15) is 0 Å². The average Bonchev–Trinajstić information content (AvgIpc) is 3.01. The van der Waals surface area contributed by atoms with E-state index in [0.29, 0.717) is 6.42 Å². The molecule has 0 radical (unpaired) electrons. The third-order valence-electron chi connectivity index (χ3n) is 3.20. The first-order valence-corrected chi connectivity index (χ1v) is 6.11. The number of hydrogen-bond acceptors (Lipinski definition) is 4. The van der Waals surface area contributed by atoms with Crippen molar-refractivity contribution in [2.45, 2.75) is 37.8 Å². The SMILES string of the molecule is COC(=O)C1(N)CC1c1cccc(OC(C)C)c1. The van der Waals surface area contributed by atoms with E-state index in [1.54, 1.807) is 0 Å².